The second-order valence-corrected chi connectivity index (χ2v) is 6.32. The molecule has 0 aliphatic carbocycles. The Morgan fingerprint density at radius 1 is 1.12 bits per heavy atom. The summed E-state index contributed by atoms with van der Waals surface area (Å²) in [4.78, 5) is 27.7. The summed E-state index contributed by atoms with van der Waals surface area (Å²) in [5, 5.41) is 4.49. The van der Waals surface area contributed by atoms with Crippen molar-refractivity contribution in [3.05, 3.63) is 58.6 Å². The number of aromatic nitrogens is 3. The topological polar surface area (TPSA) is 60.1 Å². The third kappa shape index (κ3) is 2.63. The highest BCUT2D eigenvalue weighted by molar-refractivity contribution is 6.00. The lowest BCUT2D eigenvalue weighted by molar-refractivity contribution is 0.0792. The van der Waals surface area contributed by atoms with E-state index in [1.165, 1.54) is 4.68 Å². The molecule has 3 aliphatic heterocycles. The van der Waals surface area contributed by atoms with Crippen LogP contribution in [-0.4, -0.2) is 38.2 Å². The number of likely N-dealkylation sites (tertiary alicyclic amines) is 1. The van der Waals surface area contributed by atoms with Crippen LogP contribution in [0.25, 0.3) is 16.9 Å². The van der Waals surface area contributed by atoms with Crippen LogP contribution in [0.15, 0.2) is 47.5 Å². The van der Waals surface area contributed by atoms with Crippen LogP contribution in [0.5, 0.6) is 0 Å². The van der Waals surface area contributed by atoms with Gasteiger partial charge >= 0.3 is 0 Å². The first kappa shape index (κ1) is 15.6. The number of benzene rings is 1. The predicted molar refractivity (Wildman–Crippen MR) is 95.3 cm³/mol. The molecule has 4 rings (SSSR count). The Morgan fingerprint density at radius 3 is 2.52 bits per heavy atom. The Hall–Kier alpha value is -2.89. The minimum absolute atomic E-state index is 0.0389. The van der Waals surface area contributed by atoms with E-state index in [2.05, 4.69) is 5.10 Å². The summed E-state index contributed by atoms with van der Waals surface area (Å²) < 4.78 is 3.26. The van der Waals surface area contributed by atoms with Gasteiger partial charge in [0.25, 0.3) is 11.5 Å². The van der Waals surface area contributed by atoms with Crippen molar-refractivity contribution >= 4 is 5.91 Å². The van der Waals surface area contributed by atoms with E-state index in [4.69, 9.17) is 0 Å². The zero-order chi connectivity index (χ0) is 17.4. The van der Waals surface area contributed by atoms with Crippen molar-refractivity contribution in [2.75, 3.05) is 13.1 Å². The van der Waals surface area contributed by atoms with Crippen molar-refractivity contribution in [1.29, 1.82) is 0 Å². The predicted octanol–water partition coefficient (Wildman–Crippen LogP) is 2.39. The second-order valence-electron chi connectivity index (χ2n) is 6.32. The molecule has 128 valence electrons. The third-order valence-electron chi connectivity index (χ3n) is 4.71. The van der Waals surface area contributed by atoms with E-state index in [1.807, 2.05) is 52.9 Å². The molecule has 0 spiro atoms. The number of nitrogens with zero attached hydrogens (tertiary/aromatic N) is 4. The number of aryl methyl sites for hydroxylation is 1. The molecule has 1 aromatic rings. The first-order valence-corrected chi connectivity index (χ1v) is 8.66. The van der Waals surface area contributed by atoms with E-state index < -0.39 is 0 Å². The SMILES string of the molecule is CCn1cc(C(=O)N2CCCC2)c2nn(-c3ccccc3)c(=O)c-2c1. The van der Waals surface area contributed by atoms with Gasteiger partial charge in [0.2, 0.25) is 0 Å². The maximum atomic E-state index is 12.9. The highest BCUT2D eigenvalue weighted by Crippen LogP contribution is 2.24. The van der Waals surface area contributed by atoms with Gasteiger partial charge in [-0.15, -0.1) is 0 Å². The molecule has 0 radical (unpaired) electrons. The summed E-state index contributed by atoms with van der Waals surface area (Å²) >= 11 is 0. The fraction of sp³-hybridized carbons (Fsp3) is 0.316. The summed E-state index contributed by atoms with van der Waals surface area (Å²) in [5.74, 6) is -0.0389. The summed E-state index contributed by atoms with van der Waals surface area (Å²) in [6.07, 6.45) is 5.65. The quantitative estimate of drug-likeness (QED) is 0.738. The van der Waals surface area contributed by atoms with E-state index in [9.17, 15) is 9.59 Å². The number of amides is 1. The van der Waals surface area contributed by atoms with Gasteiger partial charge in [-0.25, -0.2) is 0 Å². The van der Waals surface area contributed by atoms with Gasteiger partial charge in [0.1, 0.15) is 5.69 Å². The first-order valence-electron chi connectivity index (χ1n) is 8.66. The molecule has 6 heteroatoms. The molecule has 1 saturated heterocycles. The highest BCUT2D eigenvalue weighted by atomic mass is 16.2. The maximum absolute atomic E-state index is 12.9. The standard InChI is InChI=1S/C19H20N4O2/c1-2-21-12-15(18(24)22-10-6-7-11-22)17-16(13-21)19(25)23(20-17)14-8-4-3-5-9-14/h3-5,8-9,12-13H,2,6-7,10-11H2,1H3. The molecule has 1 fully saturated rings. The van der Waals surface area contributed by atoms with Gasteiger partial charge in [-0.05, 0) is 31.9 Å². The average Bonchev–Trinajstić information content (AvgIpc) is 3.30. The minimum atomic E-state index is -0.195. The van der Waals surface area contributed by atoms with Gasteiger partial charge in [-0.2, -0.15) is 9.78 Å². The van der Waals surface area contributed by atoms with Gasteiger partial charge < -0.3 is 9.47 Å². The molecular formula is C19H20N4O2. The number of hydrogen-bond acceptors (Lipinski definition) is 3. The molecule has 0 saturated carbocycles. The zero-order valence-electron chi connectivity index (χ0n) is 14.2. The molecule has 6 nitrogen and oxygen atoms in total. The van der Waals surface area contributed by atoms with E-state index in [1.54, 1.807) is 6.20 Å². The number of pyridine rings is 1. The zero-order valence-corrected chi connectivity index (χ0v) is 14.2. The summed E-state index contributed by atoms with van der Waals surface area (Å²) in [6.45, 7) is 4.21. The van der Waals surface area contributed by atoms with E-state index >= 15 is 0 Å². The van der Waals surface area contributed by atoms with Crippen molar-refractivity contribution in [3.8, 4) is 16.9 Å². The molecule has 0 N–H and O–H groups in total. The third-order valence-corrected chi connectivity index (χ3v) is 4.71. The first-order chi connectivity index (χ1) is 12.2. The van der Waals surface area contributed by atoms with Crippen LogP contribution in [-0.2, 0) is 6.54 Å². The highest BCUT2D eigenvalue weighted by Gasteiger charge is 2.28. The van der Waals surface area contributed by atoms with Crippen molar-refractivity contribution in [3.63, 3.8) is 0 Å². The van der Waals surface area contributed by atoms with Crippen molar-refractivity contribution in [1.82, 2.24) is 19.2 Å². The monoisotopic (exact) mass is 336 g/mol. The fourth-order valence-electron chi connectivity index (χ4n) is 3.33. The van der Waals surface area contributed by atoms with Crippen LogP contribution < -0.4 is 5.56 Å². The van der Waals surface area contributed by atoms with Crippen molar-refractivity contribution < 1.29 is 4.79 Å². The molecular weight excluding hydrogens is 316 g/mol. The lowest BCUT2D eigenvalue weighted by Crippen LogP contribution is -2.29. The number of carbonyl (C=O) groups excluding carboxylic acids is 1. The van der Waals surface area contributed by atoms with Crippen LogP contribution in [0.1, 0.15) is 30.1 Å². The molecule has 3 heterocycles. The molecule has 25 heavy (non-hydrogen) atoms. The Bertz CT molecular complexity index is 936. The smallest absolute Gasteiger partial charge is 0.282 e. The summed E-state index contributed by atoms with van der Waals surface area (Å²) in [6, 6.07) is 9.30. The number of carbonyl (C=O) groups is 1. The maximum Gasteiger partial charge on any atom is 0.282 e. The largest absolute Gasteiger partial charge is 0.353 e. The number of hydrogen-bond donors (Lipinski definition) is 0. The van der Waals surface area contributed by atoms with Gasteiger partial charge in [0, 0.05) is 32.0 Å². The Kier molecular flexibility index (Phi) is 3.87. The molecule has 0 atom stereocenters. The molecule has 1 amide bonds. The van der Waals surface area contributed by atoms with Gasteiger partial charge in [0.05, 0.1) is 16.8 Å². The van der Waals surface area contributed by atoms with Gasteiger partial charge in [0.15, 0.2) is 0 Å². The lowest BCUT2D eigenvalue weighted by Gasteiger charge is -2.17. The van der Waals surface area contributed by atoms with Gasteiger partial charge in [-0.3, -0.25) is 9.59 Å². The molecule has 3 aliphatic rings. The van der Waals surface area contributed by atoms with E-state index in [0.29, 0.717) is 29.1 Å². The van der Waals surface area contributed by atoms with Crippen LogP contribution in [0.3, 0.4) is 0 Å². The molecule has 0 bridgehead atoms. The molecule has 0 aromatic heterocycles. The van der Waals surface area contributed by atoms with Crippen molar-refractivity contribution in [2.45, 2.75) is 26.3 Å². The lowest BCUT2D eigenvalue weighted by atomic mass is 10.1. The summed E-state index contributed by atoms with van der Waals surface area (Å²) in [5.41, 5.74) is 1.98. The average molecular weight is 336 g/mol. The van der Waals surface area contributed by atoms with Crippen LogP contribution in [0, 0.1) is 0 Å². The fourth-order valence-corrected chi connectivity index (χ4v) is 3.33. The second kappa shape index (κ2) is 6.20. The van der Waals surface area contributed by atoms with Crippen LogP contribution in [0.2, 0.25) is 0 Å². The van der Waals surface area contributed by atoms with E-state index in [-0.39, 0.29) is 11.5 Å². The van der Waals surface area contributed by atoms with Crippen LogP contribution in [0.4, 0.5) is 0 Å². The molecule has 1 aromatic carbocycles. The van der Waals surface area contributed by atoms with Crippen molar-refractivity contribution in [2.24, 2.45) is 0 Å². The summed E-state index contributed by atoms with van der Waals surface area (Å²) in [7, 11) is 0. The number of para-hydroxylation sites is 1. The Balaban J connectivity index is 1.90. The normalized spacial score (nSPS) is 14.4. The Morgan fingerprint density at radius 2 is 1.84 bits per heavy atom. The number of fused-ring (bicyclic) bond motifs is 1. The minimum Gasteiger partial charge on any atom is -0.353 e. The molecule has 0 unspecified atom stereocenters. The van der Waals surface area contributed by atoms with Gasteiger partial charge in [-0.1, -0.05) is 18.2 Å². The van der Waals surface area contributed by atoms with Crippen LogP contribution >= 0.6 is 0 Å². The Labute approximate surface area is 145 Å². The van der Waals surface area contributed by atoms with E-state index in [0.717, 1.165) is 25.9 Å². The number of rotatable bonds is 3.